The van der Waals surface area contributed by atoms with E-state index in [2.05, 4.69) is 10.6 Å². The molecule has 74 valence electrons. The summed E-state index contributed by atoms with van der Waals surface area (Å²) in [6.45, 7) is 3.66. The van der Waals surface area contributed by atoms with Crippen molar-refractivity contribution in [1.82, 2.24) is 10.6 Å². The minimum atomic E-state index is 0. The summed E-state index contributed by atoms with van der Waals surface area (Å²) in [5, 5.41) is 7.06. The Hall–Kier alpha value is 0.500. The normalized spacial score (nSPS) is 34.0. The van der Waals surface area contributed by atoms with E-state index >= 15 is 0 Å². The van der Waals surface area contributed by atoms with E-state index in [4.69, 9.17) is 0 Å². The lowest BCUT2D eigenvalue weighted by Gasteiger charge is -2.34. The van der Waals surface area contributed by atoms with Crippen molar-refractivity contribution in [2.45, 2.75) is 31.2 Å². The predicted octanol–water partition coefficient (Wildman–Crippen LogP) is 1.34. The van der Waals surface area contributed by atoms with E-state index in [1.54, 1.807) is 0 Å². The largest absolute Gasteiger partial charge is 0.315 e. The van der Waals surface area contributed by atoms with Gasteiger partial charge in [-0.2, -0.15) is 0 Å². The van der Waals surface area contributed by atoms with Crippen molar-refractivity contribution < 1.29 is 0 Å². The highest BCUT2D eigenvalue weighted by Gasteiger charge is 2.33. The van der Waals surface area contributed by atoms with E-state index in [1.807, 2.05) is 0 Å². The third-order valence-corrected chi connectivity index (χ3v) is 2.80. The first-order valence-corrected chi connectivity index (χ1v) is 4.37. The summed E-state index contributed by atoms with van der Waals surface area (Å²) in [5.74, 6) is 0. The number of rotatable bonds is 0. The van der Waals surface area contributed by atoms with E-state index in [9.17, 15) is 0 Å². The summed E-state index contributed by atoms with van der Waals surface area (Å²) in [7, 11) is 0. The van der Waals surface area contributed by atoms with Crippen molar-refractivity contribution in [2.24, 2.45) is 0 Å². The zero-order valence-electron chi connectivity index (χ0n) is 7.27. The molecule has 2 fully saturated rings. The second-order valence-corrected chi connectivity index (χ2v) is 3.59. The zero-order valence-corrected chi connectivity index (χ0v) is 8.90. The van der Waals surface area contributed by atoms with Gasteiger partial charge in [-0.1, -0.05) is 0 Å². The van der Waals surface area contributed by atoms with Crippen molar-refractivity contribution in [2.75, 3.05) is 19.6 Å². The van der Waals surface area contributed by atoms with E-state index in [-0.39, 0.29) is 24.8 Å². The van der Waals surface area contributed by atoms with Gasteiger partial charge in [0.05, 0.1) is 0 Å². The molecular weight excluding hydrogens is 195 g/mol. The molecule has 2 aliphatic rings. The molecule has 1 atom stereocenters. The van der Waals surface area contributed by atoms with E-state index in [0.29, 0.717) is 5.54 Å². The third-order valence-electron chi connectivity index (χ3n) is 2.80. The smallest absolute Gasteiger partial charge is 0.0307 e. The molecular formula is C8H18Cl2N2. The molecule has 2 nitrogen and oxygen atoms in total. The van der Waals surface area contributed by atoms with Crippen molar-refractivity contribution in [3.05, 3.63) is 0 Å². The Balaban J connectivity index is 0.000000605. The highest BCUT2D eigenvalue weighted by molar-refractivity contribution is 5.85. The van der Waals surface area contributed by atoms with E-state index in [1.165, 1.54) is 45.3 Å². The molecule has 0 amide bonds. The van der Waals surface area contributed by atoms with E-state index < -0.39 is 0 Å². The van der Waals surface area contributed by atoms with Gasteiger partial charge in [0.2, 0.25) is 0 Å². The number of halogens is 2. The third kappa shape index (κ3) is 2.49. The second-order valence-electron chi connectivity index (χ2n) is 3.59. The van der Waals surface area contributed by atoms with Gasteiger partial charge in [0.15, 0.2) is 0 Å². The Kier molecular flexibility index (Phi) is 5.50. The summed E-state index contributed by atoms with van der Waals surface area (Å²) in [5.41, 5.74) is 0.512. The average Bonchev–Trinajstić information content (AvgIpc) is 2.39. The lowest BCUT2D eigenvalue weighted by Crippen LogP contribution is -2.52. The standard InChI is InChI=1S/C8H16N2.2ClH/c1-3-8(7-9-5-1)4-2-6-10-8;;/h9-10H,1-7H2;2*1H. The molecule has 0 aromatic carbocycles. The maximum Gasteiger partial charge on any atom is 0.0307 e. The lowest BCUT2D eigenvalue weighted by atomic mass is 9.89. The van der Waals surface area contributed by atoms with Crippen LogP contribution in [0.3, 0.4) is 0 Å². The van der Waals surface area contributed by atoms with Crippen molar-refractivity contribution in [1.29, 1.82) is 0 Å². The summed E-state index contributed by atoms with van der Waals surface area (Å²) in [6, 6.07) is 0. The van der Waals surface area contributed by atoms with Gasteiger partial charge < -0.3 is 10.6 Å². The van der Waals surface area contributed by atoms with Crippen LogP contribution >= 0.6 is 24.8 Å². The molecule has 1 spiro atoms. The van der Waals surface area contributed by atoms with Crippen molar-refractivity contribution in [3.63, 3.8) is 0 Å². The van der Waals surface area contributed by atoms with Gasteiger partial charge in [-0.25, -0.2) is 0 Å². The SMILES string of the molecule is C1CNCC2(C1)CCCN2.Cl.Cl. The first kappa shape index (κ1) is 12.5. The van der Waals surface area contributed by atoms with Gasteiger partial charge in [0, 0.05) is 12.1 Å². The van der Waals surface area contributed by atoms with Crippen LogP contribution in [-0.4, -0.2) is 25.2 Å². The second kappa shape index (κ2) is 5.28. The van der Waals surface area contributed by atoms with Crippen LogP contribution in [0.5, 0.6) is 0 Å². The molecule has 2 rings (SSSR count). The first-order chi connectivity index (χ1) is 4.91. The number of hydrogen-bond acceptors (Lipinski definition) is 2. The molecule has 2 N–H and O–H groups in total. The van der Waals surface area contributed by atoms with Crippen molar-refractivity contribution in [3.8, 4) is 0 Å². The lowest BCUT2D eigenvalue weighted by molar-refractivity contribution is 0.282. The maximum absolute atomic E-state index is 3.61. The summed E-state index contributed by atoms with van der Waals surface area (Å²) >= 11 is 0. The molecule has 2 heterocycles. The van der Waals surface area contributed by atoms with Crippen LogP contribution in [0.4, 0.5) is 0 Å². The van der Waals surface area contributed by atoms with Crippen molar-refractivity contribution >= 4 is 24.8 Å². The number of nitrogens with one attached hydrogen (secondary N) is 2. The fraction of sp³-hybridized carbons (Fsp3) is 1.00. The van der Waals surface area contributed by atoms with Gasteiger partial charge in [0.25, 0.3) is 0 Å². The minimum Gasteiger partial charge on any atom is -0.315 e. The van der Waals surface area contributed by atoms with Crippen LogP contribution in [0, 0.1) is 0 Å². The highest BCUT2D eigenvalue weighted by atomic mass is 35.5. The molecule has 4 heteroatoms. The molecule has 12 heavy (non-hydrogen) atoms. The van der Waals surface area contributed by atoms with Crippen LogP contribution in [0.1, 0.15) is 25.7 Å². The van der Waals surface area contributed by atoms with Crippen LogP contribution in [0.2, 0.25) is 0 Å². The minimum absolute atomic E-state index is 0. The fourth-order valence-corrected chi connectivity index (χ4v) is 2.20. The molecule has 2 saturated heterocycles. The van der Waals surface area contributed by atoms with Crippen LogP contribution in [0.25, 0.3) is 0 Å². The first-order valence-electron chi connectivity index (χ1n) is 4.37. The topological polar surface area (TPSA) is 24.1 Å². The van der Waals surface area contributed by atoms with Gasteiger partial charge in [-0.05, 0) is 38.8 Å². The number of piperidine rings is 1. The molecule has 0 aromatic heterocycles. The Morgan fingerprint density at radius 3 is 2.08 bits per heavy atom. The van der Waals surface area contributed by atoms with Gasteiger partial charge in [-0.15, -0.1) is 24.8 Å². The predicted molar refractivity (Wildman–Crippen MR) is 56.6 cm³/mol. The Morgan fingerprint density at radius 2 is 1.58 bits per heavy atom. The van der Waals surface area contributed by atoms with Crippen LogP contribution < -0.4 is 10.6 Å². The molecule has 0 bridgehead atoms. The maximum atomic E-state index is 3.61. The molecule has 1 unspecified atom stereocenters. The molecule has 2 aliphatic heterocycles. The van der Waals surface area contributed by atoms with Gasteiger partial charge >= 0.3 is 0 Å². The summed E-state index contributed by atoms with van der Waals surface area (Å²) in [4.78, 5) is 0. The monoisotopic (exact) mass is 212 g/mol. The van der Waals surface area contributed by atoms with Crippen LogP contribution in [-0.2, 0) is 0 Å². The highest BCUT2D eigenvalue weighted by Crippen LogP contribution is 2.25. The Labute approximate surface area is 86.7 Å². The fourth-order valence-electron chi connectivity index (χ4n) is 2.20. The zero-order chi connectivity index (χ0) is 6.86. The Morgan fingerprint density at radius 1 is 0.917 bits per heavy atom. The molecule has 0 aromatic rings. The van der Waals surface area contributed by atoms with Gasteiger partial charge in [-0.3, -0.25) is 0 Å². The quantitative estimate of drug-likeness (QED) is 0.634. The summed E-state index contributed by atoms with van der Waals surface area (Å²) in [6.07, 6.45) is 5.51. The summed E-state index contributed by atoms with van der Waals surface area (Å²) < 4.78 is 0. The Bertz CT molecular complexity index is 116. The molecule has 0 saturated carbocycles. The molecule has 0 radical (unpaired) electrons. The van der Waals surface area contributed by atoms with Crippen LogP contribution in [0.15, 0.2) is 0 Å². The van der Waals surface area contributed by atoms with E-state index in [0.717, 1.165) is 0 Å². The number of hydrogen-bond donors (Lipinski definition) is 2. The average molecular weight is 213 g/mol. The molecule has 0 aliphatic carbocycles. The van der Waals surface area contributed by atoms with Gasteiger partial charge in [0.1, 0.15) is 0 Å².